The number of rotatable bonds is 6. The summed E-state index contributed by atoms with van der Waals surface area (Å²) in [5.41, 5.74) is 3.47. The number of nitrogens with zero attached hydrogens (tertiary/aromatic N) is 1. The highest BCUT2D eigenvalue weighted by Crippen LogP contribution is 2.23. The van der Waals surface area contributed by atoms with Gasteiger partial charge in [0.1, 0.15) is 5.82 Å². The molecule has 0 spiro atoms. The Kier molecular flexibility index (Phi) is 6.04. The quantitative estimate of drug-likeness (QED) is 0.636. The van der Waals surface area contributed by atoms with Crippen molar-refractivity contribution in [2.45, 2.75) is 13.3 Å². The largest absolute Gasteiger partial charge is 0.354 e. The van der Waals surface area contributed by atoms with Gasteiger partial charge < -0.3 is 10.6 Å². The Labute approximate surface area is 162 Å². The average Bonchev–Trinajstić information content (AvgIpc) is 2.66. The zero-order valence-corrected chi connectivity index (χ0v) is 15.6. The van der Waals surface area contributed by atoms with Crippen LogP contribution >= 0.6 is 11.6 Å². The molecule has 1 aromatic heterocycles. The Bertz CT molecular complexity index is 962. The van der Waals surface area contributed by atoms with Crippen LogP contribution in [-0.2, 0) is 6.42 Å². The number of nitrogens with one attached hydrogen (secondary N) is 2. The standard InChI is InChI=1S/C21H19ClFN3O/c1-14-6-7-17(11-19(14)22)26-18-10-16(12-24-13-18)21(27)25-9-8-15-4-2-3-5-20(15)23/h2-7,10-13,26H,8-9H2,1H3,(H,25,27). The van der Waals surface area contributed by atoms with Crippen LogP contribution in [0.3, 0.4) is 0 Å². The summed E-state index contributed by atoms with van der Waals surface area (Å²) < 4.78 is 13.6. The third kappa shape index (κ3) is 5.05. The molecule has 0 saturated heterocycles. The molecule has 3 aromatic rings. The van der Waals surface area contributed by atoms with Gasteiger partial charge in [0.25, 0.3) is 5.91 Å². The smallest absolute Gasteiger partial charge is 0.252 e. The van der Waals surface area contributed by atoms with Gasteiger partial charge in [0.15, 0.2) is 0 Å². The molecule has 1 heterocycles. The topological polar surface area (TPSA) is 54.0 Å². The van der Waals surface area contributed by atoms with Crippen molar-refractivity contribution in [3.8, 4) is 0 Å². The molecule has 0 radical (unpaired) electrons. The summed E-state index contributed by atoms with van der Waals surface area (Å²) in [6, 6.07) is 13.9. The van der Waals surface area contributed by atoms with Gasteiger partial charge in [-0.3, -0.25) is 9.78 Å². The molecule has 0 aliphatic heterocycles. The maximum atomic E-state index is 13.6. The Morgan fingerprint density at radius 3 is 2.70 bits per heavy atom. The van der Waals surface area contributed by atoms with Gasteiger partial charge in [0.2, 0.25) is 0 Å². The molecule has 0 aliphatic carbocycles. The first-order valence-corrected chi connectivity index (χ1v) is 8.90. The number of anilines is 2. The zero-order valence-electron chi connectivity index (χ0n) is 14.8. The Balaban J connectivity index is 1.61. The molecular weight excluding hydrogens is 365 g/mol. The number of pyridine rings is 1. The number of benzene rings is 2. The number of hydrogen-bond donors (Lipinski definition) is 2. The highest BCUT2D eigenvalue weighted by atomic mass is 35.5. The van der Waals surface area contributed by atoms with Crippen molar-refractivity contribution in [1.29, 1.82) is 0 Å². The van der Waals surface area contributed by atoms with Crippen molar-refractivity contribution in [1.82, 2.24) is 10.3 Å². The Morgan fingerprint density at radius 1 is 1.11 bits per heavy atom. The van der Waals surface area contributed by atoms with E-state index in [0.29, 0.717) is 34.8 Å². The van der Waals surface area contributed by atoms with Gasteiger partial charge in [0.05, 0.1) is 17.4 Å². The molecule has 2 aromatic carbocycles. The first-order valence-electron chi connectivity index (χ1n) is 8.53. The number of carbonyl (C=O) groups excluding carboxylic acids is 1. The molecule has 0 bridgehead atoms. The fourth-order valence-corrected chi connectivity index (χ4v) is 2.76. The summed E-state index contributed by atoms with van der Waals surface area (Å²) in [5.74, 6) is -0.527. The summed E-state index contributed by atoms with van der Waals surface area (Å²) >= 11 is 6.13. The van der Waals surface area contributed by atoms with Crippen LogP contribution in [0, 0.1) is 12.7 Å². The van der Waals surface area contributed by atoms with Gasteiger partial charge in [-0.15, -0.1) is 0 Å². The van der Waals surface area contributed by atoms with Crippen molar-refractivity contribution < 1.29 is 9.18 Å². The van der Waals surface area contributed by atoms with E-state index in [4.69, 9.17) is 11.6 Å². The van der Waals surface area contributed by atoms with Crippen molar-refractivity contribution in [3.05, 3.63) is 88.5 Å². The lowest BCUT2D eigenvalue weighted by atomic mass is 10.1. The van der Waals surface area contributed by atoms with Crippen LogP contribution in [-0.4, -0.2) is 17.4 Å². The summed E-state index contributed by atoms with van der Waals surface area (Å²) in [4.78, 5) is 16.4. The number of amides is 1. The van der Waals surface area contributed by atoms with Gasteiger partial charge in [-0.2, -0.15) is 0 Å². The van der Waals surface area contributed by atoms with Crippen molar-refractivity contribution in [2.24, 2.45) is 0 Å². The van der Waals surface area contributed by atoms with Gasteiger partial charge in [-0.1, -0.05) is 35.9 Å². The van der Waals surface area contributed by atoms with Gasteiger partial charge in [0, 0.05) is 23.5 Å². The minimum Gasteiger partial charge on any atom is -0.354 e. The Morgan fingerprint density at radius 2 is 1.93 bits per heavy atom. The molecule has 0 unspecified atom stereocenters. The minimum absolute atomic E-state index is 0.260. The second-order valence-electron chi connectivity index (χ2n) is 6.15. The molecule has 4 nitrogen and oxygen atoms in total. The lowest BCUT2D eigenvalue weighted by Crippen LogP contribution is -2.26. The van der Waals surface area contributed by atoms with E-state index >= 15 is 0 Å². The number of aromatic nitrogens is 1. The lowest BCUT2D eigenvalue weighted by Gasteiger charge is -2.10. The highest BCUT2D eigenvalue weighted by Gasteiger charge is 2.08. The third-order valence-corrected chi connectivity index (χ3v) is 4.51. The predicted octanol–water partition coefficient (Wildman–Crippen LogP) is 4.90. The van der Waals surface area contributed by atoms with Gasteiger partial charge in [-0.05, 0) is 48.7 Å². The van der Waals surface area contributed by atoms with Gasteiger partial charge in [-0.25, -0.2) is 4.39 Å². The van der Waals surface area contributed by atoms with Crippen LogP contribution in [0.4, 0.5) is 15.8 Å². The molecule has 1 amide bonds. The third-order valence-electron chi connectivity index (χ3n) is 4.10. The van der Waals surface area contributed by atoms with E-state index in [1.165, 1.54) is 12.3 Å². The maximum absolute atomic E-state index is 13.6. The molecular formula is C21H19ClFN3O. The summed E-state index contributed by atoms with van der Waals surface area (Å²) in [5, 5.41) is 6.63. The second-order valence-corrected chi connectivity index (χ2v) is 6.56. The molecule has 0 atom stereocenters. The maximum Gasteiger partial charge on any atom is 0.252 e. The van der Waals surface area contributed by atoms with Crippen LogP contribution in [0.15, 0.2) is 60.9 Å². The van der Waals surface area contributed by atoms with Crippen LogP contribution < -0.4 is 10.6 Å². The summed E-state index contributed by atoms with van der Waals surface area (Å²) in [7, 11) is 0. The van der Waals surface area contributed by atoms with Gasteiger partial charge >= 0.3 is 0 Å². The van der Waals surface area contributed by atoms with E-state index in [-0.39, 0.29) is 11.7 Å². The first-order chi connectivity index (χ1) is 13.0. The minimum atomic E-state index is -0.267. The summed E-state index contributed by atoms with van der Waals surface area (Å²) in [6.07, 6.45) is 3.54. The van der Waals surface area contributed by atoms with E-state index in [9.17, 15) is 9.18 Å². The fraction of sp³-hybridized carbons (Fsp3) is 0.143. The molecule has 0 fully saturated rings. The summed E-state index contributed by atoms with van der Waals surface area (Å²) in [6.45, 7) is 2.27. The number of hydrogen-bond acceptors (Lipinski definition) is 3. The molecule has 138 valence electrons. The van der Waals surface area contributed by atoms with E-state index in [0.717, 1.165) is 11.3 Å². The Hall–Kier alpha value is -2.92. The average molecular weight is 384 g/mol. The molecule has 6 heteroatoms. The monoisotopic (exact) mass is 383 g/mol. The molecule has 0 aliphatic rings. The number of halogens is 2. The van der Waals surface area contributed by atoms with Crippen molar-refractivity contribution in [2.75, 3.05) is 11.9 Å². The normalized spacial score (nSPS) is 10.5. The molecule has 27 heavy (non-hydrogen) atoms. The van der Waals surface area contributed by atoms with E-state index in [2.05, 4.69) is 15.6 Å². The second kappa shape index (κ2) is 8.64. The van der Waals surface area contributed by atoms with Crippen LogP contribution in [0.1, 0.15) is 21.5 Å². The molecule has 2 N–H and O–H groups in total. The predicted molar refractivity (Wildman–Crippen MR) is 106 cm³/mol. The molecule has 0 saturated carbocycles. The SMILES string of the molecule is Cc1ccc(Nc2cncc(C(=O)NCCc3ccccc3F)c2)cc1Cl. The zero-order chi connectivity index (χ0) is 19.2. The van der Waals surface area contributed by atoms with Crippen LogP contribution in [0.5, 0.6) is 0 Å². The van der Waals surface area contributed by atoms with E-state index in [1.807, 2.05) is 25.1 Å². The van der Waals surface area contributed by atoms with Crippen molar-refractivity contribution in [3.63, 3.8) is 0 Å². The van der Waals surface area contributed by atoms with E-state index < -0.39 is 0 Å². The lowest BCUT2D eigenvalue weighted by molar-refractivity contribution is 0.0953. The fourth-order valence-electron chi connectivity index (χ4n) is 2.58. The van der Waals surface area contributed by atoms with Crippen LogP contribution in [0.2, 0.25) is 5.02 Å². The molecule has 3 rings (SSSR count). The first kappa shape index (κ1) is 18.9. The van der Waals surface area contributed by atoms with E-state index in [1.54, 1.807) is 30.5 Å². The number of carbonyl (C=O) groups is 1. The number of aryl methyl sites for hydroxylation is 1. The van der Waals surface area contributed by atoms with Crippen LogP contribution in [0.25, 0.3) is 0 Å². The highest BCUT2D eigenvalue weighted by molar-refractivity contribution is 6.31. The van der Waals surface area contributed by atoms with Crippen molar-refractivity contribution >= 4 is 28.9 Å².